The minimum absolute atomic E-state index is 0. The zero-order valence-corrected chi connectivity index (χ0v) is 6.16. The third-order valence-electron chi connectivity index (χ3n) is 1.06. The predicted molar refractivity (Wildman–Crippen MR) is 39.7 cm³/mol. The summed E-state index contributed by atoms with van der Waals surface area (Å²) >= 11 is 0. The minimum atomic E-state index is -1.04. The van der Waals surface area contributed by atoms with Crippen LogP contribution in [0.1, 0.15) is 0 Å². The number of phenolic OH excluding ortho intramolecular Hbond substituents is 1. The van der Waals surface area contributed by atoms with Gasteiger partial charge in [-0.1, -0.05) is 0 Å². The van der Waals surface area contributed by atoms with Crippen molar-refractivity contribution in [3.05, 3.63) is 23.8 Å². The Balaban J connectivity index is 0.000001000. The second-order valence-electron chi connectivity index (χ2n) is 1.83. The summed E-state index contributed by atoms with van der Waals surface area (Å²) in [6.07, 6.45) is 0. The van der Waals surface area contributed by atoms with E-state index in [1.165, 1.54) is 0 Å². The minimum Gasteiger partial charge on any atom is -0.503 e. The number of rotatable bonds is 0. The van der Waals surface area contributed by atoms with Crippen LogP contribution in [0, 0.1) is 11.6 Å². The maximum atomic E-state index is 12.3. The third-order valence-corrected chi connectivity index (χ3v) is 1.06. The molecule has 1 aromatic rings. The van der Waals surface area contributed by atoms with E-state index in [1.54, 1.807) is 0 Å². The van der Waals surface area contributed by atoms with Crippen LogP contribution in [0.4, 0.5) is 14.5 Å². The van der Waals surface area contributed by atoms with Crippen molar-refractivity contribution < 1.29 is 13.9 Å². The van der Waals surface area contributed by atoms with Gasteiger partial charge in [-0.15, -0.1) is 12.4 Å². The topological polar surface area (TPSA) is 46.2 Å². The van der Waals surface area contributed by atoms with E-state index in [0.717, 1.165) is 6.07 Å². The molecule has 1 rings (SSSR count). The SMILES string of the molecule is Cl.Nc1cc(F)cc(F)c1O. The summed E-state index contributed by atoms with van der Waals surface area (Å²) in [7, 11) is 0. The maximum Gasteiger partial charge on any atom is 0.174 e. The Morgan fingerprint density at radius 2 is 1.82 bits per heavy atom. The molecule has 3 N–H and O–H groups in total. The first-order valence-corrected chi connectivity index (χ1v) is 2.54. The lowest BCUT2D eigenvalue weighted by Crippen LogP contribution is -1.89. The lowest BCUT2D eigenvalue weighted by Gasteiger charge is -1.98. The van der Waals surface area contributed by atoms with Gasteiger partial charge in [0, 0.05) is 12.1 Å². The Morgan fingerprint density at radius 3 is 2.27 bits per heavy atom. The van der Waals surface area contributed by atoms with E-state index in [0.29, 0.717) is 6.07 Å². The number of halogens is 3. The highest BCUT2D eigenvalue weighted by Gasteiger charge is 2.05. The Hall–Kier alpha value is -1.03. The van der Waals surface area contributed by atoms with Gasteiger partial charge < -0.3 is 10.8 Å². The standard InChI is InChI=1S/C6H5F2NO.ClH/c7-3-1-4(8)6(10)5(9)2-3;/h1-2,10H,9H2;1H. The van der Waals surface area contributed by atoms with Crippen LogP contribution in [-0.2, 0) is 0 Å². The molecular formula is C6H6ClF2NO. The molecule has 5 heteroatoms. The molecule has 11 heavy (non-hydrogen) atoms. The fraction of sp³-hybridized carbons (Fsp3) is 0. The Kier molecular flexibility index (Phi) is 3.07. The van der Waals surface area contributed by atoms with Crippen LogP contribution in [0.15, 0.2) is 12.1 Å². The number of aromatic hydroxyl groups is 1. The summed E-state index contributed by atoms with van der Waals surface area (Å²) in [5.74, 6) is -2.55. The highest BCUT2D eigenvalue weighted by molar-refractivity contribution is 5.85. The highest BCUT2D eigenvalue weighted by atomic mass is 35.5. The molecule has 0 radical (unpaired) electrons. The van der Waals surface area contributed by atoms with Crippen molar-refractivity contribution in [2.24, 2.45) is 0 Å². The monoisotopic (exact) mass is 181 g/mol. The van der Waals surface area contributed by atoms with Gasteiger partial charge in [0.1, 0.15) is 5.82 Å². The molecule has 0 saturated carbocycles. The van der Waals surface area contributed by atoms with E-state index in [1.807, 2.05) is 0 Å². The molecule has 1 aromatic carbocycles. The summed E-state index contributed by atoms with van der Waals surface area (Å²) in [6, 6.07) is 1.41. The first kappa shape index (κ1) is 9.97. The molecular weight excluding hydrogens is 176 g/mol. The van der Waals surface area contributed by atoms with Gasteiger partial charge in [0.2, 0.25) is 0 Å². The number of phenols is 1. The number of nitrogen functional groups attached to an aromatic ring is 1. The van der Waals surface area contributed by atoms with E-state index in [2.05, 4.69) is 0 Å². The summed E-state index contributed by atoms with van der Waals surface area (Å²) in [5.41, 5.74) is 4.70. The molecule has 0 aliphatic heterocycles. The van der Waals surface area contributed by atoms with Crippen LogP contribution >= 0.6 is 12.4 Å². The van der Waals surface area contributed by atoms with Gasteiger partial charge in [-0.05, 0) is 0 Å². The van der Waals surface area contributed by atoms with Crippen LogP contribution in [0.5, 0.6) is 5.75 Å². The van der Waals surface area contributed by atoms with Crippen molar-refractivity contribution in [2.45, 2.75) is 0 Å². The van der Waals surface area contributed by atoms with Crippen LogP contribution in [0.25, 0.3) is 0 Å². The molecule has 0 heterocycles. The molecule has 62 valence electrons. The molecule has 2 nitrogen and oxygen atoms in total. The summed E-state index contributed by atoms with van der Waals surface area (Å²) in [5, 5.41) is 8.66. The Labute approximate surface area is 68.0 Å². The number of hydrogen-bond donors (Lipinski definition) is 2. The molecule has 0 fully saturated rings. The van der Waals surface area contributed by atoms with Crippen LogP contribution < -0.4 is 5.73 Å². The fourth-order valence-electron chi connectivity index (χ4n) is 0.586. The number of nitrogens with two attached hydrogens (primary N) is 1. The zero-order valence-electron chi connectivity index (χ0n) is 5.34. The van der Waals surface area contributed by atoms with Gasteiger partial charge in [0.05, 0.1) is 5.69 Å². The van der Waals surface area contributed by atoms with Gasteiger partial charge in [-0.3, -0.25) is 0 Å². The van der Waals surface area contributed by atoms with Gasteiger partial charge in [-0.2, -0.15) is 0 Å². The Morgan fingerprint density at radius 1 is 1.27 bits per heavy atom. The van der Waals surface area contributed by atoms with Gasteiger partial charge >= 0.3 is 0 Å². The van der Waals surface area contributed by atoms with Crippen LogP contribution in [0.2, 0.25) is 0 Å². The van der Waals surface area contributed by atoms with Crippen molar-refractivity contribution in [1.29, 1.82) is 0 Å². The molecule has 0 saturated heterocycles. The first-order chi connectivity index (χ1) is 4.61. The smallest absolute Gasteiger partial charge is 0.174 e. The maximum absolute atomic E-state index is 12.3. The first-order valence-electron chi connectivity index (χ1n) is 2.54. The molecule has 0 bridgehead atoms. The van der Waals surface area contributed by atoms with Crippen molar-refractivity contribution in [3.63, 3.8) is 0 Å². The van der Waals surface area contributed by atoms with Crippen molar-refractivity contribution in [3.8, 4) is 5.75 Å². The summed E-state index contributed by atoms with van der Waals surface area (Å²) < 4.78 is 24.4. The normalized spacial score (nSPS) is 8.91. The summed E-state index contributed by atoms with van der Waals surface area (Å²) in [6.45, 7) is 0. The second-order valence-corrected chi connectivity index (χ2v) is 1.83. The number of hydrogen-bond acceptors (Lipinski definition) is 2. The molecule has 0 unspecified atom stereocenters. The molecule has 0 aliphatic carbocycles. The average molecular weight is 182 g/mol. The third kappa shape index (κ3) is 1.94. The molecule has 0 atom stereocenters. The molecule has 0 amide bonds. The zero-order chi connectivity index (χ0) is 7.72. The van der Waals surface area contributed by atoms with Crippen LogP contribution in [-0.4, -0.2) is 5.11 Å². The van der Waals surface area contributed by atoms with Crippen LogP contribution in [0.3, 0.4) is 0 Å². The van der Waals surface area contributed by atoms with E-state index in [9.17, 15) is 8.78 Å². The van der Waals surface area contributed by atoms with E-state index in [-0.39, 0.29) is 18.1 Å². The highest BCUT2D eigenvalue weighted by Crippen LogP contribution is 2.23. The van der Waals surface area contributed by atoms with E-state index in [4.69, 9.17) is 10.8 Å². The van der Waals surface area contributed by atoms with Crippen molar-refractivity contribution >= 4 is 18.1 Å². The fourth-order valence-corrected chi connectivity index (χ4v) is 0.586. The van der Waals surface area contributed by atoms with E-state index >= 15 is 0 Å². The van der Waals surface area contributed by atoms with Crippen molar-refractivity contribution in [1.82, 2.24) is 0 Å². The molecule has 0 aromatic heterocycles. The summed E-state index contributed by atoms with van der Waals surface area (Å²) in [4.78, 5) is 0. The number of anilines is 1. The largest absolute Gasteiger partial charge is 0.503 e. The lowest BCUT2D eigenvalue weighted by molar-refractivity contribution is 0.431. The molecule has 0 aliphatic rings. The van der Waals surface area contributed by atoms with Crippen molar-refractivity contribution in [2.75, 3.05) is 5.73 Å². The van der Waals surface area contributed by atoms with Gasteiger partial charge in [0.25, 0.3) is 0 Å². The predicted octanol–water partition coefficient (Wildman–Crippen LogP) is 1.67. The molecule has 0 spiro atoms. The number of benzene rings is 1. The van der Waals surface area contributed by atoms with E-state index < -0.39 is 17.4 Å². The second kappa shape index (κ2) is 3.39. The van der Waals surface area contributed by atoms with Gasteiger partial charge in [-0.25, -0.2) is 8.78 Å². The average Bonchev–Trinajstić information content (AvgIpc) is 1.82. The quantitative estimate of drug-likeness (QED) is 0.473. The Bertz CT molecular complexity index is 244. The van der Waals surface area contributed by atoms with Gasteiger partial charge in [0.15, 0.2) is 11.6 Å². The lowest BCUT2D eigenvalue weighted by atomic mass is 10.3.